The lowest BCUT2D eigenvalue weighted by Gasteiger charge is -2.32. The first-order chi connectivity index (χ1) is 10.3. The van der Waals surface area contributed by atoms with Crippen molar-refractivity contribution in [1.29, 1.82) is 0 Å². The van der Waals surface area contributed by atoms with E-state index in [2.05, 4.69) is 37.6 Å². The zero-order chi connectivity index (χ0) is 16.2. The minimum atomic E-state index is -0.429. The smallest absolute Gasteiger partial charge is 0.407 e. The van der Waals surface area contributed by atoms with E-state index in [4.69, 9.17) is 4.74 Å². The molecule has 124 valence electrons. The second kappa shape index (κ2) is 7.79. The minimum absolute atomic E-state index is 0.308. The Morgan fingerprint density at radius 3 is 2.68 bits per heavy atom. The lowest BCUT2D eigenvalue weighted by atomic mass is 9.97. The summed E-state index contributed by atoms with van der Waals surface area (Å²) in [4.78, 5) is 15.5. The van der Waals surface area contributed by atoms with Crippen LogP contribution in [-0.2, 0) is 11.3 Å². The molecule has 1 fully saturated rings. The third kappa shape index (κ3) is 5.89. The molecule has 1 aliphatic rings. The van der Waals surface area contributed by atoms with Crippen molar-refractivity contribution in [1.82, 2.24) is 10.2 Å². The Morgan fingerprint density at radius 1 is 1.45 bits per heavy atom. The molecule has 0 atom stereocenters. The Hall–Kier alpha value is -0.590. The first-order valence-electron chi connectivity index (χ1n) is 7.74. The Balaban J connectivity index is 1.67. The molecule has 0 saturated carbocycles. The van der Waals surface area contributed by atoms with Gasteiger partial charge in [-0.1, -0.05) is 0 Å². The van der Waals surface area contributed by atoms with E-state index in [1.165, 1.54) is 9.35 Å². The lowest BCUT2D eigenvalue weighted by molar-refractivity contribution is 0.0509. The average Bonchev–Trinajstić information content (AvgIpc) is 2.82. The Bertz CT molecular complexity index is 491. The van der Waals surface area contributed by atoms with Crippen LogP contribution in [-0.4, -0.2) is 36.2 Å². The van der Waals surface area contributed by atoms with Gasteiger partial charge in [-0.05, 0) is 80.0 Å². The molecule has 2 rings (SSSR count). The molecule has 2 heterocycles. The highest BCUT2D eigenvalue weighted by atomic mass is 79.9. The number of hydrogen-bond donors (Lipinski definition) is 1. The largest absolute Gasteiger partial charge is 0.444 e. The maximum Gasteiger partial charge on any atom is 0.407 e. The van der Waals surface area contributed by atoms with Gasteiger partial charge in [-0.15, -0.1) is 11.3 Å². The number of ether oxygens (including phenoxy) is 1. The van der Waals surface area contributed by atoms with Crippen molar-refractivity contribution in [3.05, 3.63) is 20.8 Å². The highest BCUT2D eigenvalue weighted by Gasteiger charge is 2.22. The van der Waals surface area contributed by atoms with E-state index in [-0.39, 0.29) is 6.09 Å². The molecule has 4 nitrogen and oxygen atoms in total. The van der Waals surface area contributed by atoms with E-state index >= 15 is 0 Å². The van der Waals surface area contributed by atoms with E-state index in [0.29, 0.717) is 12.5 Å². The predicted octanol–water partition coefficient (Wildman–Crippen LogP) is 4.25. The highest BCUT2D eigenvalue weighted by Crippen LogP contribution is 2.26. The molecule has 22 heavy (non-hydrogen) atoms. The van der Waals surface area contributed by atoms with Crippen LogP contribution in [0.5, 0.6) is 0 Å². The van der Waals surface area contributed by atoms with E-state index < -0.39 is 5.60 Å². The summed E-state index contributed by atoms with van der Waals surface area (Å²) in [7, 11) is 0. The molecule has 1 N–H and O–H groups in total. The number of amides is 1. The summed E-state index contributed by atoms with van der Waals surface area (Å²) in [5.74, 6) is 0.551. The number of piperidine rings is 1. The molecule has 0 spiro atoms. The minimum Gasteiger partial charge on any atom is -0.444 e. The van der Waals surface area contributed by atoms with Crippen LogP contribution in [0.1, 0.15) is 38.5 Å². The monoisotopic (exact) mass is 388 g/mol. The molecular formula is C16H25BrN2O2S. The summed E-state index contributed by atoms with van der Waals surface area (Å²) >= 11 is 5.39. The number of carbonyl (C=O) groups excluding carboxylic acids is 1. The van der Waals surface area contributed by atoms with Crippen LogP contribution >= 0.6 is 27.3 Å². The number of halogens is 1. The van der Waals surface area contributed by atoms with E-state index in [1.54, 1.807) is 11.3 Å². The molecule has 0 aliphatic carbocycles. The SMILES string of the molecule is CC(C)(C)OC(=O)NCC1CCN(Cc2sccc2Br)CC1. The molecular weight excluding hydrogens is 364 g/mol. The zero-order valence-corrected chi connectivity index (χ0v) is 15.9. The number of thiophene rings is 1. The van der Waals surface area contributed by atoms with E-state index in [0.717, 1.165) is 32.5 Å². The fourth-order valence-electron chi connectivity index (χ4n) is 2.53. The first kappa shape index (κ1) is 17.8. The molecule has 1 aromatic rings. The summed E-state index contributed by atoms with van der Waals surface area (Å²) in [6.45, 7) is 9.56. The molecule has 0 radical (unpaired) electrons. The average molecular weight is 389 g/mol. The van der Waals surface area contributed by atoms with Crippen LogP contribution in [0, 0.1) is 5.92 Å². The lowest BCUT2D eigenvalue weighted by Crippen LogP contribution is -2.39. The van der Waals surface area contributed by atoms with Crippen molar-refractivity contribution in [3.8, 4) is 0 Å². The summed E-state index contributed by atoms with van der Waals surface area (Å²) < 4.78 is 6.48. The zero-order valence-electron chi connectivity index (χ0n) is 13.5. The topological polar surface area (TPSA) is 41.6 Å². The Kier molecular flexibility index (Phi) is 6.29. The number of carbonyl (C=O) groups is 1. The van der Waals surface area contributed by atoms with Gasteiger partial charge >= 0.3 is 6.09 Å². The third-order valence-corrected chi connectivity index (χ3v) is 5.61. The fourth-order valence-corrected chi connectivity index (χ4v) is 4.05. The van der Waals surface area contributed by atoms with Crippen LogP contribution < -0.4 is 5.32 Å². The van der Waals surface area contributed by atoms with Crippen molar-refractivity contribution in [2.45, 2.75) is 45.8 Å². The van der Waals surface area contributed by atoms with Gasteiger partial charge in [0.2, 0.25) is 0 Å². The molecule has 0 aromatic carbocycles. The quantitative estimate of drug-likeness (QED) is 0.837. The Labute approximate surface area is 145 Å². The van der Waals surface area contributed by atoms with Crippen molar-refractivity contribution in [2.24, 2.45) is 5.92 Å². The van der Waals surface area contributed by atoms with Crippen molar-refractivity contribution in [3.63, 3.8) is 0 Å². The van der Waals surface area contributed by atoms with Gasteiger partial charge in [-0.2, -0.15) is 0 Å². The van der Waals surface area contributed by atoms with Gasteiger partial charge in [-0.3, -0.25) is 4.90 Å². The molecule has 1 amide bonds. The molecule has 6 heteroatoms. The normalized spacial score (nSPS) is 17.5. The highest BCUT2D eigenvalue weighted by molar-refractivity contribution is 9.10. The van der Waals surface area contributed by atoms with Gasteiger partial charge < -0.3 is 10.1 Å². The van der Waals surface area contributed by atoms with Crippen LogP contribution in [0.3, 0.4) is 0 Å². The number of nitrogens with zero attached hydrogens (tertiary/aromatic N) is 1. The number of hydrogen-bond acceptors (Lipinski definition) is 4. The fraction of sp³-hybridized carbons (Fsp3) is 0.688. The maximum absolute atomic E-state index is 11.7. The van der Waals surface area contributed by atoms with Gasteiger partial charge in [-0.25, -0.2) is 4.79 Å². The number of nitrogens with one attached hydrogen (secondary N) is 1. The van der Waals surface area contributed by atoms with E-state index in [9.17, 15) is 4.79 Å². The molecule has 0 bridgehead atoms. The van der Waals surface area contributed by atoms with E-state index in [1.807, 2.05) is 20.8 Å². The standard InChI is InChI=1S/C16H25BrN2O2S/c1-16(2,3)21-15(20)18-10-12-4-7-19(8-5-12)11-14-13(17)6-9-22-14/h6,9,12H,4-5,7-8,10-11H2,1-3H3,(H,18,20). The maximum atomic E-state index is 11.7. The number of rotatable bonds is 4. The van der Waals surface area contributed by atoms with Crippen LogP contribution in [0.15, 0.2) is 15.9 Å². The number of likely N-dealkylation sites (tertiary alicyclic amines) is 1. The Morgan fingerprint density at radius 2 is 2.14 bits per heavy atom. The molecule has 1 aliphatic heterocycles. The summed E-state index contributed by atoms with van der Waals surface area (Å²) in [6, 6.07) is 2.11. The van der Waals surface area contributed by atoms with Gasteiger partial charge in [0.1, 0.15) is 5.60 Å². The summed E-state index contributed by atoms with van der Waals surface area (Å²) in [5.41, 5.74) is -0.429. The van der Waals surface area contributed by atoms with Gasteiger partial charge in [0.05, 0.1) is 0 Å². The van der Waals surface area contributed by atoms with Crippen LogP contribution in [0.4, 0.5) is 4.79 Å². The summed E-state index contributed by atoms with van der Waals surface area (Å²) in [6.07, 6.45) is 1.94. The third-order valence-electron chi connectivity index (χ3n) is 3.70. The van der Waals surface area contributed by atoms with Crippen molar-refractivity contribution >= 4 is 33.4 Å². The van der Waals surface area contributed by atoms with Crippen LogP contribution in [0.25, 0.3) is 0 Å². The van der Waals surface area contributed by atoms with Gasteiger partial charge in [0.25, 0.3) is 0 Å². The van der Waals surface area contributed by atoms with Crippen molar-refractivity contribution < 1.29 is 9.53 Å². The molecule has 1 aromatic heterocycles. The van der Waals surface area contributed by atoms with Gasteiger partial charge in [0, 0.05) is 22.4 Å². The summed E-state index contributed by atoms with van der Waals surface area (Å²) in [5, 5.41) is 5.02. The second-order valence-electron chi connectivity index (χ2n) is 6.79. The molecule has 1 saturated heterocycles. The number of alkyl carbamates (subject to hydrolysis) is 1. The molecule has 0 unspecified atom stereocenters. The first-order valence-corrected chi connectivity index (χ1v) is 9.42. The predicted molar refractivity (Wildman–Crippen MR) is 94.3 cm³/mol. The second-order valence-corrected chi connectivity index (χ2v) is 8.65. The van der Waals surface area contributed by atoms with Gasteiger partial charge in [0.15, 0.2) is 0 Å². The van der Waals surface area contributed by atoms with Crippen LogP contribution in [0.2, 0.25) is 0 Å². The van der Waals surface area contributed by atoms with Crippen molar-refractivity contribution in [2.75, 3.05) is 19.6 Å².